The van der Waals surface area contributed by atoms with Gasteiger partial charge >= 0.3 is 12.0 Å². The third-order valence-electron chi connectivity index (χ3n) is 4.68. The lowest BCUT2D eigenvalue weighted by atomic mass is 10.0. The number of nitrogens with zero attached hydrogens (tertiary/aromatic N) is 1. The Bertz CT molecular complexity index is 1130. The van der Waals surface area contributed by atoms with E-state index in [9.17, 15) is 18.8 Å². The van der Waals surface area contributed by atoms with Crippen LogP contribution in [0.2, 0.25) is 0 Å². The Hall–Kier alpha value is -4.21. The van der Waals surface area contributed by atoms with E-state index in [2.05, 4.69) is 21.1 Å². The summed E-state index contributed by atoms with van der Waals surface area (Å²) in [6.45, 7) is 3.56. The number of carbonyl (C=O) groups excluding carboxylic acids is 3. The smallest absolute Gasteiger partial charge is 0.328 e. The molecule has 3 amide bonds. The van der Waals surface area contributed by atoms with Crippen molar-refractivity contribution in [1.82, 2.24) is 10.5 Å². The number of methoxy groups -OCH3 is 1. The van der Waals surface area contributed by atoms with Crippen molar-refractivity contribution in [2.45, 2.75) is 19.9 Å². The van der Waals surface area contributed by atoms with Gasteiger partial charge in [0.25, 0.3) is 5.91 Å². The van der Waals surface area contributed by atoms with Gasteiger partial charge in [-0.25, -0.2) is 14.0 Å². The number of amides is 3. The number of urea groups is 1. The Labute approximate surface area is 189 Å². The first-order valence-electron chi connectivity index (χ1n) is 10.1. The monoisotopic (exact) mass is 454 g/mol. The van der Waals surface area contributed by atoms with E-state index in [0.717, 1.165) is 0 Å². The number of anilines is 2. The van der Waals surface area contributed by atoms with Crippen LogP contribution in [0.1, 0.15) is 24.4 Å². The van der Waals surface area contributed by atoms with E-state index in [1.54, 1.807) is 38.1 Å². The maximum Gasteiger partial charge on any atom is 0.328 e. The number of ether oxygens (including phenoxy) is 1. The molecular weight excluding hydrogens is 431 g/mol. The van der Waals surface area contributed by atoms with Crippen LogP contribution in [0.15, 0.2) is 59.1 Å². The van der Waals surface area contributed by atoms with E-state index < -0.39 is 29.8 Å². The maximum absolute atomic E-state index is 12.9. The van der Waals surface area contributed by atoms with Crippen molar-refractivity contribution >= 4 is 29.3 Å². The molecule has 0 spiro atoms. The molecule has 10 heteroatoms. The van der Waals surface area contributed by atoms with Crippen molar-refractivity contribution < 1.29 is 28.0 Å². The number of nitrogens with one attached hydrogen (secondary N) is 3. The highest BCUT2D eigenvalue weighted by Gasteiger charge is 2.27. The summed E-state index contributed by atoms with van der Waals surface area (Å²) in [5.41, 5.74) is 2.01. The van der Waals surface area contributed by atoms with Crippen molar-refractivity contribution in [3.05, 3.63) is 66.2 Å². The van der Waals surface area contributed by atoms with Crippen LogP contribution in [0.25, 0.3) is 11.3 Å². The van der Waals surface area contributed by atoms with Gasteiger partial charge in [-0.2, -0.15) is 0 Å². The van der Waals surface area contributed by atoms with Gasteiger partial charge in [-0.1, -0.05) is 31.1 Å². The number of halogens is 1. The van der Waals surface area contributed by atoms with Gasteiger partial charge < -0.3 is 25.2 Å². The Morgan fingerprint density at radius 3 is 2.09 bits per heavy atom. The third-order valence-corrected chi connectivity index (χ3v) is 4.68. The maximum atomic E-state index is 12.9. The number of benzene rings is 2. The van der Waals surface area contributed by atoms with Crippen LogP contribution in [0.3, 0.4) is 0 Å². The third kappa shape index (κ3) is 6.16. The van der Waals surface area contributed by atoms with Crippen LogP contribution < -0.4 is 16.0 Å². The molecule has 2 aromatic carbocycles. The number of hydrogen-bond acceptors (Lipinski definition) is 6. The van der Waals surface area contributed by atoms with Crippen LogP contribution in [0.5, 0.6) is 0 Å². The number of carbonyl (C=O) groups is 3. The number of aromatic nitrogens is 1. The minimum absolute atomic E-state index is 0.0552. The van der Waals surface area contributed by atoms with Crippen molar-refractivity contribution in [1.29, 1.82) is 0 Å². The van der Waals surface area contributed by atoms with Crippen molar-refractivity contribution in [2.24, 2.45) is 5.92 Å². The molecule has 0 aliphatic carbocycles. The average Bonchev–Trinajstić information content (AvgIpc) is 3.29. The van der Waals surface area contributed by atoms with Crippen molar-refractivity contribution in [2.75, 3.05) is 17.7 Å². The Morgan fingerprint density at radius 2 is 1.55 bits per heavy atom. The molecular formula is C23H23FN4O5. The summed E-state index contributed by atoms with van der Waals surface area (Å²) in [7, 11) is 1.25. The lowest BCUT2D eigenvalue weighted by Gasteiger charge is -2.18. The van der Waals surface area contributed by atoms with Gasteiger partial charge in [0.1, 0.15) is 17.6 Å². The van der Waals surface area contributed by atoms with E-state index in [1.807, 2.05) is 0 Å². The Kier molecular flexibility index (Phi) is 7.39. The van der Waals surface area contributed by atoms with Gasteiger partial charge in [0.15, 0.2) is 0 Å². The summed E-state index contributed by atoms with van der Waals surface area (Å²) < 4.78 is 22.8. The second-order valence-electron chi connectivity index (χ2n) is 7.46. The molecule has 0 radical (unpaired) electrons. The lowest BCUT2D eigenvalue weighted by Crippen LogP contribution is -2.44. The van der Waals surface area contributed by atoms with E-state index in [4.69, 9.17) is 9.26 Å². The van der Waals surface area contributed by atoms with E-state index in [-0.39, 0.29) is 11.7 Å². The van der Waals surface area contributed by atoms with Crippen molar-refractivity contribution in [3.63, 3.8) is 0 Å². The van der Waals surface area contributed by atoms with Crippen molar-refractivity contribution in [3.8, 4) is 11.3 Å². The first kappa shape index (κ1) is 23.5. The first-order chi connectivity index (χ1) is 15.8. The summed E-state index contributed by atoms with van der Waals surface area (Å²) in [5, 5.41) is 11.7. The summed E-state index contributed by atoms with van der Waals surface area (Å²) in [6, 6.07) is 12.2. The van der Waals surface area contributed by atoms with Crippen LogP contribution in [0, 0.1) is 11.7 Å². The van der Waals surface area contributed by atoms with Crippen LogP contribution in [-0.4, -0.2) is 36.2 Å². The molecule has 3 rings (SSSR count). The SMILES string of the molecule is COC(=O)C(NC(=O)c1cc(-c2ccc(NC(=O)Nc3ccc(F)cc3)cc2)no1)C(C)C. The van der Waals surface area contributed by atoms with Gasteiger partial charge in [0.05, 0.1) is 7.11 Å². The molecule has 0 saturated carbocycles. The molecule has 0 fully saturated rings. The molecule has 33 heavy (non-hydrogen) atoms. The quantitative estimate of drug-likeness (QED) is 0.463. The van der Waals surface area contributed by atoms with Crippen LogP contribution in [0.4, 0.5) is 20.6 Å². The minimum Gasteiger partial charge on any atom is -0.467 e. The fraction of sp³-hybridized carbons (Fsp3) is 0.217. The molecule has 172 valence electrons. The van der Waals surface area contributed by atoms with Gasteiger partial charge in [-0.15, -0.1) is 0 Å². The molecule has 0 aliphatic rings. The van der Waals surface area contributed by atoms with Gasteiger partial charge in [0.2, 0.25) is 5.76 Å². The Morgan fingerprint density at radius 1 is 0.970 bits per heavy atom. The molecule has 0 saturated heterocycles. The standard InChI is InChI=1S/C23H23FN4O5/c1-13(2)20(22(30)32-3)27-21(29)19-12-18(28-33-19)14-4-8-16(9-5-14)25-23(31)26-17-10-6-15(24)7-11-17/h4-13,20H,1-3H3,(H,27,29)(H2,25,26,31). The second kappa shape index (κ2) is 10.4. The molecule has 9 nitrogen and oxygen atoms in total. The molecule has 1 aromatic heterocycles. The molecule has 1 heterocycles. The highest BCUT2D eigenvalue weighted by molar-refractivity contribution is 6.00. The van der Waals surface area contributed by atoms with Gasteiger partial charge in [0, 0.05) is 23.0 Å². The fourth-order valence-corrected chi connectivity index (χ4v) is 2.91. The normalized spacial score (nSPS) is 11.5. The van der Waals surface area contributed by atoms with Gasteiger partial charge in [-0.05, 0) is 42.3 Å². The zero-order chi connectivity index (χ0) is 24.0. The number of hydrogen-bond donors (Lipinski definition) is 3. The fourth-order valence-electron chi connectivity index (χ4n) is 2.91. The number of esters is 1. The number of rotatable bonds is 7. The lowest BCUT2D eigenvalue weighted by molar-refractivity contribution is -0.144. The minimum atomic E-state index is -0.817. The van der Waals surface area contributed by atoms with Crippen LogP contribution >= 0.6 is 0 Å². The van der Waals surface area contributed by atoms with Gasteiger partial charge in [-0.3, -0.25) is 4.79 Å². The highest BCUT2D eigenvalue weighted by Crippen LogP contribution is 2.22. The zero-order valence-corrected chi connectivity index (χ0v) is 18.2. The Balaban J connectivity index is 1.62. The molecule has 3 N–H and O–H groups in total. The topological polar surface area (TPSA) is 123 Å². The summed E-state index contributed by atoms with van der Waals surface area (Å²) >= 11 is 0. The summed E-state index contributed by atoms with van der Waals surface area (Å²) in [6.07, 6.45) is 0. The summed E-state index contributed by atoms with van der Waals surface area (Å²) in [5.74, 6) is -1.77. The van der Waals surface area contributed by atoms with Crippen LogP contribution in [-0.2, 0) is 9.53 Å². The highest BCUT2D eigenvalue weighted by atomic mass is 19.1. The predicted molar refractivity (Wildman–Crippen MR) is 119 cm³/mol. The summed E-state index contributed by atoms with van der Waals surface area (Å²) in [4.78, 5) is 36.4. The first-order valence-corrected chi connectivity index (χ1v) is 10.1. The van der Waals surface area contributed by atoms with E-state index >= 15 is 0 Å². The largest absolute Gasteiger partial charge is 0.467 e. The molecule has 1 unspecified atom stereocenters. The second-order valence-corrected chi connectivity index (χ2v) is 7.46. The predicted octanol–water partition coefficient (Wildman–Crippen LogP) is 4.05. The molecule has 0 bridgehead atoms. The molecule has 0 aliphatic heterocycles. The molecule has 3 aromatic rings. The molecule has 1 atom stereocenters. The van der Waals surface area contributed by atoms with E-state index in [1.165, 1.54) is 37.4 Å². The zero-order valence-electron chi connectivity index (χ0n) is 18.2. The van der Waals surface area contributed by atoms with E-state index in [0.29, 0.717) is 22.6 Å². The average molecular weight is 454 g/mol.